The number of aromatic nitrogens is 2. The lowest BCUT2D eigenvalue weighted by Gasteiger charge is -2.07. The summed E-state index contributed by atoms with van der Waals surface area (Å²) in [6.45, 7) is 0. The van der Waals surface area contributed by atoms with E-state index in [1.165, 1.54) is 11.8 Å². The fraction of sp³-hybridized carbons (Fsp3) is 0.0667. The lowest BCUT2D eigenvalue weighted by Crippen LogP contribution is -2.12. The fourth-order valence-electron chi connectivity index (χ4n) is 2.08. The molecule has 106 valence electrons. The maximum absolute atomic E-state index is 11.7. The van der Waals surface area contributed by atoms with E-state index in [4.69, 9.17) is 10.5 Å². The summed E-state index contributed by atoms with van der Waals surface area (Å²) in [6.07, 6.45) is 1.69. The number of nitrogens with one attached hydrogen (secondary N) is 1. The smallest absolute Gasteiger partial charge is 0.266 e. The Kier molecular flexibility index (Phi) is 3.53. The van der Waals surface area contributed by atoms with Crippen LogP contribution in [0.2, 0.25) is 0 Å². The van der Waals surface area contributed by atoms with Crippen LogP contribution in [0.4, 0.5) is 0 Å². The number of primary amides is 1. The van der Waals surface area contributed by atoms with Gasteiger partial charge in [0.2, 0.25) is 0 Å². The number of fused-ring (bicyclic) bond motifs is 1. The summed E-state index contributed by atoms with van der Waals surface area (Å²) in [4.78, 5) is 20.6. The summed E-state index contributed by atoms with van der Waals surface area (Å²) in [5.41, 5.74) is 7.33. The zero-order chi connectivity index (χ0) is 14.8. The highest BCUT2D eigenvalue weighted by molar-refractivity contribution is 7.99. The number of nitrogens with zero attached hydrogens (tertiary/aromatic N) is 1. The van der Waals surface area contributed by atoms with Crippen LogP contribution < -0.4 is 10.5 Å². The highest BCUT2D eigenvalue weighted by Crippen LogP contribution is 2.39. The third-order valence-corrected chi connectivity index (χ3v) is 4.20. The van der Waals surface area contributed by atoms with E-state index in [1.807, 2.05) is 30.3 Å². The van der Waals surface area contributed by atoms with Gasteiger partial charge in [0.1, 0.15) is 17.0 Å². The first kappa shape index (κ1) is 13.5. The number of amides is 1. The minimum atomic E-state index is -0.509. The molecule has 6 heteroatoms. The zero-order valence-corrected chi connectivity index (χ0v) is 12.1. The number of para-hydroxylation sites is 1. The first-order valence-electron chi connectivity index (χ1n) is 6.28. The predicted octanol–water partition coefficient (Wildman–Crippen LogP) is 2.82. The second kappa shape index (κ2) is 5.49. The van der Waals surface area contributed by atoms with Gasteiger partial charge in [-0.25, -0.2) is 0 Å². The molecule has 3 N–H and O–H groups in total. The molecular weight excluding hydrogens is 286 g/mol. The average molecular weight is 299 g/mol. The number of rotatable bonds is 4. The van der Waals surface area contributed by atoms with Gasteiger partial charge in [-0.15, -0.1) is 0 Å². The third-order valence-electron chi connectivity index (χ3n) is 3.04. The Balaban J connectivity index is 2.15. The Labute approximate surface area is 125 Å². The zero-order valence-electron chi connectivity index (χ0n) is 11.3. The van der Waals surface area contributed by atoms with Gasteiger partial charge in [-0.3, -0.25) is 9.78 Å². The maximum Gasteiger partial charge on any atom is 0.266 e. The quantitative estimate of drug-likeness (QED) is 0.776. The molecule has 0 aliphatic carbocycles. The number of hydrogen-bond acceptors (Lipinski definition) is 4. The Morgan fingerprint density at radius 2 is 2.10 bits per heavy atom. The molecule has 0 fully saturated rings. The number of methoxy groups -OCH3 is 1. The molecule has 2 heterocycles. The number of H-pyrrole nitrogens is 1. The van der Waals surface area contributed by atoms with Crippen LogP contribution >= 0.6 is 11.8 Å². The molecule has 0 atom stereocenters. The number of hydrogen-bond donors (Lipinski definition) is 2. The van der Waals surface area contributed by atoms with Crippen molar-refractivity contribution in [1.82, 2.24) is 9.97 Å². The first-order chi connectivity index (χ1) is 10.2. The summed E-state index contributed by atoms with van der Waals surface area (Å²) < 4.78 is 5.34. The minimum absolute atomic E-state index is 0.361. The van der Waals surface area contributed by atoms with Gasteiger partial charge in [0.15, 0.2) is 0 Å². The lowest BCUT2D eigenvalue weighted by atomic mass is 10.3. The average Bonchev–Trinajstić information content (AvgIpc) is 2.87. The summed E-state index contributed by atoms with van der Waals surface area (Å²) in [7, 11) is 1.61. The topological polar surface area (TPSA) is 81.0 Å². The van der Waals surface area contributed by atoms with E-state index < -0.39 is 5.91 Å². The molecule has 0 bridgehead atoms. The lowest BCUT2D eigenvalue weighted by molar-refractivity contribution is 0.0993. The van der Waals surface area contributed by atoms with Gasteiger partial charge < -0.3 is 15.5 Å². The molecule has 2 aromatic heterocycles. The summed E-state index contributed by atoms with van der Waals surface area (Å²) in [5, 5.41) is 0. The van der Waals surface area contributed by atoms with Crippen LogP contribution in [0, 0.1) is 0 Å². The maximum atomic E-state index is 11.7. The van der Waals surface area contributed by atoms with Crippen LogP contribution in [-0.2, 0) is 0 Å². The molecule has 1 amide bonds. The molecule has 0 spiro atoms. The second-order valence-electron chi connectivity index (χ2n) is 4.35. The number of aromatic amines is 1. The van der Waals surface area contributed by atoms with Crippen molar-refractivity contribution in [3.8, 4) is 5.75 Å². The van der Waals surface area contributed by atoms with Gasteiger partial charge in [0.05, 0.1) is 22.4 Å². The monoisotopic (exact) mass is 299 g/mol. The molecule has 0 saturated heterocycles. The fourth-order valence-corrected chi connectivity index (χ4v) is 3.21. The number of ether oxygens (including phenoxy) is 1. The van der Waals surface area contributed by atoms with E-state index in [0.717, 1.165) is 21.7 Å². The van der Waals surface area contributed by atoms with Gasteiger partial charge >= 0.3 is 0 Å². The van der Waals surface area contributed by atoms with Crippen LogP contribution in [0.1, 0.15) is 10.5 Å². The minimum Gasteiger partial charge on any atom is -0.496 e. The summed E-state index contributed by atoms with van der Waals surface area (Å²) >= 11 is 1.41. The number of carbonyl (C=O) groups excluding carboxylic acids is 1. The molecule has 3 rings (SSSR count). The Bertz CT molecular complexity index is 814. The highest BCUT2D eigenvalue weighted by atomic mass is 32.2. The van der Waals surface area contributed by atoms with Crippen molar-refractivity contribution in [3.05, 3.63) is 48.3 Å². The number of nitrogens with two attached hydrogens (primary N) is 1. The molecule has 0 aliphatic heterocycles. The van der Waals surface area contributed by atoms with E-state index in [9.17, 15) is 4.79 Å². The van der Waals surface area contributed by atoms with Crippen molar-refractivity contribution in [1.29, 1.82) is 0 Å². The van der Waals surface area contributed by atoms with Gasteiger partial charge in [0.25, 0.3) is 5.91 Å². The van der Waals surface area contributed by atoms with Crippen LogP contribution in [0.3, 0.4) is 0 Å². The largest absolute Gasteiger partial charge is 0.496 e. The molecule has 0 unspecified atom stereocenters. The van der Waals surface area contributed by atoms with E-state index >= 15 is 0 Å². The third kappa shape index (κ3) is 2.45. The van der Waals surface area contributed by atoms with Gasteiger partial charge in [0, 0.05) is 6.20 Å². The van der Waals surface area contributed by atoms with Crippen LogP contribution in [0.5, 0.6) is 5.75 Å². The van der Waals surface area contributed by atoms with Crippen LogP contribution in [-0.4, -0.2) is 23.0 Å². The van der Waals surface area contributed by atoms with E-state index in [-0.39, 0.29) is 0 Å². The van der Waals surface area contributed by atoms with E-state index in [2.05, 4.69) is 9.97 Å². The van der Waals surface area contributed by atoms with E-state index in [1.54, 1.807) is 19.4 Å². The SMILES string of the molecule is COc1ccccc1Sc1c(C(N)=O)[nH]c2cccnc12. The molecule has 21 heavy (non-hydrogen) atoms. The van der Waals surface area contributed by atoms with Crippen molar-refractivity contribution in [2.75, 3.05) is 7.11 Å². The second-order valence-corrected chi connectivity index (χ2v) is 5.40. The first-order valence-corrected chi connectivity index (χ1v) is 7.09. The number of pyridine rings is 1. The highest BCUT2D eigenvalue weighted by Gasteiger charge is 2.18. The van der Waals surface area contributed by atoms with Gasteiger partial charge in [-0.05, 0) is 24.3 Å². The molecule has 0 saturated carbocycles. The molecule has 1 aromatic carbocycles. The van der Waals surface area contributed by atoms with Crippen LogP contribution in [0.15, 0.2) is 52.4 Å². The molecule has 0 aliphatic rings. The normalized spacial score (nSPS) is 10.7. The van der Waals surface area contributed by atoms with Gasteiger partial charge in [-0.1, -0.05) is 23.9 Å². The standard InChI is InChI=1S/C15H13N3O2S/c1-20-10-6-2-3-7-11(10)21-14-12-9(5-4-8-17-12)18-13(14)15(16)19/h2-8,18H,1H3,(H2,16,19). The molecule has 5 nitrogen and oxygen atoms in total. The summed E-state index contributed by atoms with van der Waals surface area (Å²) in [6, 6.07) is 11.3. The molecule has 3 aromatic rings. The van der Waals surface area contributed by atoms with Crippen molar-refractivity contribution in [3.63, 3.8) is 0 Å². The number of carbonyl (C=O) groups is 1. The van der Waals surface area contributed by atoms with Gasteiger partial charge in [-0.2, -0.15) is 0 Å². The van der Waals surface area contributed by atoms with Crippen LogP contribution in [0.25, 0.3) is 11.0 Å². The van der Waals surface area contributed by atoms with Crippen molar-refractivity contribution in [2.24, 2.45) is 5.73 Å². The Morgan fingerprint density at radius 1 is 1.29 bits per heavy atom. The summed E-state index contributed by atoms with van der Waals surface area (Å²) in [5.74, 6) is 0.230. The Morgan fingerprint density at radius 3 is 2.86 bits per heavy atom. The van der Waals surface area contributed by atoms with Crippen molar-refractivity contribution in [2.45, 2.75) is 9.79 Å². The van der Waals surface area contributed by atoms with Crippen molar-refractivity contribution < 1.29 is 9.53 Å². The molecular formula is C15H13N3O2S. The van der Waals surface area contributed by atoms with E-state index in [0.29, 0.717) is 10.6 Å². The number of benzene rings is 1. The predicted molar refractivity (Wildman–Crippen MR) is 81.7 cm³/mol. The molecule has 0 radical (unpaired) electrons. The van der Waals surface area contributed by atoms with Crippen molar-refractivity contribution >= 4 is 28.7 Å². The Hall–Kier alpha value is -2.47.